The molecule has 0 N–H and O–H groups in total. The van der Waals surface area contributed by atoms with E-state index in [1.54, 1.807) is 0 Å². The molecule has 1 saturated carbocycles. The lowest BCUT2D eigenvalue weighted by molar-refractivity contribution is -0.141. The Labute approximate surface area is 107 Å². The van der Waals surface area contributed by atoms with Crippen molar-refractivity contribution < 1.29 is 14.3 Å². The first-order chi connectivity index (χ1) is 8.48. The Morgan fingerprint density at radius 2 is 2.28 bits per heavy atom. The molecule has 0 unspecified atom stereocenters. The van der Waals surface area contributed by atoms with Crippen LogP contribution in [0.15, 0.2) is 23.8 Å². The summed E-state index contributed by atoms with van der Waals surface area (Å²) in [5, 5.41) is 0. The van der Waals surface area contributed by atoms with Gasteiger partial charge >= 0.3 is 5.97 Å². The Morgan fingerprint density at radius 1 is 1.50 bits per heavy atom. The van der Waals surface area contributed by atoms with Gasteiger partial charge in [-0.2, -0.15) is 0 Å². The Bertz CT molecular complexity index is 506. The molecule has 2 heterocycles. The van der Waals surface area contributed by atoms with E-state index < -0.39 is 0 Å². The fourth-order valence-corrected chi connectivity index (χ4v) is 4.45. The Hall–Kier alpha value is -1.09. The quantitative estimate of drug-likeness (QED) is 0.285. The second-order valence-corrected chi connectivity index (χ2v) is 6.39. The largest absolute Gasteiger partial charge is 0.458 e. The summed E-state index contributed by atoms with van der Waals surface area (Å²) < 4.78 is 11.8. The predicted molar refractivity (Wildman–Crippen MR) is 65.8 cm³/mol. The summed E-state index contributed by atoms with van der Waals surface area (Å²) in [4.78, 5) is 11.8. The topological polar surface area (TPSA) is 38.8 Å². The predicted octanol–water partition coefficient (Wildman–Crippen LogP) is 2.37. The molecule has 0 aromatic rings. The van der Waals surface area contributed by atoms with Gasteiger partial charge in [-0.15, -0.1) is 0 Å². The smallest absolute Gasteiger partial charge is 0.334 e. The molecule has 2 aliphatic carbocycles. The van der Waals surface area contributed by atoms with Crippen molar-refractivity contribution in [1.29, 1.82) is 0 Å². The van der Waals surface area contributed by atoms with Crippen molar-refractivity contribution in [3.8, 4) is 0 Å². The number of rotatable bonds is 0. The van der Waals surface area contributed by atoms with Gasteiger partial charge in [-0.25, -0.2) is 4.79 Å². The molecule has 0 aromatic carbocycles. The molecular weight excluding hydrogens is 228 g/mol. The molecule has 1 spiro atoms. The standard InChI is InChI=1S/C15H18O3/c1-8-4-7-15-11(8)12-10(9(2)13(16)17-12)5-6-14(15,3)18-15/h4,10-12H,2,5-7H2,1,3H3/t10-,11-,12+,14-,15+/m1/s1. The van der Waals surface area contributed by atoms with E-state index in [9.17, 15) is 4.79 Å². The van der Waals surface area contributed by atoms with Crippen LogP contribution in [0.3, 0.4) is 0 Å². The van der Waals surface area contributed by atoms with E-state index >= 15 is 0 Å². The molecule has 96 valence electrons. The summed E-state index contributed by atoms with van der Waals surface area (Å²) in [6.45, 7) is 8.27. The van der Waals surface area contributed by atoms with Crippen molar-refractivity contribution in [2.24, 2.45) is 11.8 Å². The molecule has 0 bridgehead atoms. The lowest BCUT2D eigenvalue weighted by atomic mass is 9.78. The third kappa shape index (κ3) is 0.993. The van der Waals surface area contributed by atoms with Crippen LogP contribution in [0.5, 0.6) is 0 Å². The van der Waals surface area contributed by atoms with Crippen LogP contribution in [-0.2, 0) is 14.3 Å². The fourth-order valence-electron chi connectivity index (χ4n) is 4.45. The molecule has 4 aliphatic rings. The number of esters is 1. The molecule has 3 fully saturated rings. The maximum absolute atomic E-state index is 11.8. The average Bonchev–Trinajstić information content (AvgIpc) is 2.65. The van der Waals surface area contributed by atoms with Crippen LogP contribution in [0.25, 0.3) is 0 Å². The minimum atomic E-state index is -0.205. The van der Waals surface area contributed by atoms with Crippen molar-refractivity contribution >= 4 is 5.97 Å². The number of carbonyl (C=O) groups is 1. The summed E-state index contributed by atoms with van der Waals surface area (Å²) in [6.07, 6.45) is 5.13. The van der Waals surface area contributed by atoms with Gasteiger partial charge in [0.05, 0.1) is 5.60 Å². The molecule has 18 heavy (non-hydrogen) atoms. The summed E-state index contributed by atoms with van der Waals surface area (Å²) in [5.41, 5.74) is 1.86. The van der Waals surface area contributed by atoms with Gasteiger partial charge in [-0.3, -0.25) is 0 Å². The monoisotopic (exact) mass is 246 g/mol. The molecule has 3 heteroatoms. The van der Waals surface area contributed by atoms with Gasteiger partial charge in [-0.05, 0) is 33.1 Å². The molecule has 2 saturated heterocycles. The number of fused-ring (bicyclic) bond motifs is 2. The van der Waals surface area contributed by atoms with Crippen molar-refractivity contribution in [2.75, 3.05) is 0 Å². The zero-order valence-electron chi connectivity index (χ0n) is 10.9. The van der Waals surface area contributed by atoms with Gasteiger partial charge in [0, 0.05) is 17.4 Å². The van der Waals surface area contributed by atoms with Crippen molar-refractivity contribution in [2.45, 2.75) is 50.4 Å². The lowest BCUT2D eigenvalue weighted by Gasteiger charge is -2.26. The Morgan fingerprint density at radius 3 is 3.06 bits per heavy atom. The van der Waals surface area contributed by atoms with E-state index in [0.29, 0.717) is 5.57 Å². The normalized spacial score (nSPS) is 53.0. The summed E-state index contributed by atoms with van der Waals surface area (Å²) >= 11 is 0. The Kier molecular flexibility index (Phi) is 1.74. The van der Waals surface area contributed by atoms with E-state index in [1.807, 2.05) is 0 Å². The van der Waals surface area contributed by atoms with Crippen LogP contribution < -0.4 is 0 Å². The second-order valence-electron chi connectivity index (χ2n) is 6.39. The lowest BCUT2D eigenvalue weighted by Crippen LogP contribution is -2.37. The highest BCUT2D eigenvalue weighted by molar-refractivity contribution is 5.91. The molecular formula is C15H18O3. The minimum absolute atomic E-state index is 0.0248. The van der Waals surface area contributed by atoms with Crippen LogP contribution in [0.1, 0.15) is 33.1 Å². The number of hydrogen-bond donors (Lipinski definition) is 0. The highest BCUT2D eigenvalue weighted by atomic mass is 16.6. The maximum atomic E-state index is 11.8. The van der Waals surface area contributed by atoms with Crippen molar-refractivity contribution in [3.05, 3.63) is 23.8 Å². The number of epoxide rings is 1. The molecule has 0 amide bonds. The highest BCUT2D eigenvalue weighted by Crippen LogP contribution is 2.67. The first kappa shape index (κ1) is 10.8. The summed E-state index contributed by atoms with van der Waals surface area (Å²) in [5.74, 6) is 0.219. The molecule has 2 aliphatic heterocycles. The molecule has 5 atom stereocenters. The number of carbonyl (C=O) groups excluding carboxylic acids is 1. The van der Waals surface area contributed by atoms with E-state index in [0.717, 1.165) is 19.3 Å². The average molecular weight is 246 g/mol. The van der Waals surface area contributed by atoms with Gasteiger partial charge in [0.2, 0.25) is 0 Å². The van der Waals surface area contributed by atoms with E-state index in [4.69, 9.17) is 9.47 Å². The highest BCUT2D eigenvalue weighted by Gasteiger charge is 2.75. The van der Waals surface area contributed by atoms with Crippen LogP contribution in [0.2, 0.25) is 0 Å². The molecule has 3 nitrogen and oxygen atoms in total. The second kappa shape index (κ2) is 2.90. The summed E-state index contributed by atoms with van der Waals surface area (Å²) in [6, 6.07) is 0. The van der Waals surface area contributed by atoms with Gasteiger partial charge in [-0.1, -0.05) is 18.2 Å². The first-order valence-corrected chi connectivity index (χ1v) is 6.75. The van der Waals surface area contributed by atoms with Crippen LogP contribution in [-0.4, -0.2) is 23.3 Å². The third-order valence-corrected chi connectivity index (χ3v) is 5.59. The third-order valence-electron chi connectivity index (χ3n) is 5.59. The van der Waals surface area contributed by atoms with Gasteiger partial charge in [0.25, 0.3) is 0 Å². The number of hydrogen-bond acceptors (Lipinski definition) is 3. The zero-order valence-corrected chi connectivity index (χ0v) is 10.9. The van der Waals surface area contributed by atoms with Gasteiger partial charge in [0.15, 0.2) is 0 Å². The first-order valence-electron chi connectivity index (χ1n) is 6.75. The molecule has 4 rings (SSSR count). The van der Waals surface area contributed by atoms with E-state index in [2.05, 4.69) is 26.5 Å². The fraction of sp³-hybridized carbons (Fsp3) is 0.667. The SMILES string of the molecule is C=C1C(=O)O[C@H]2[C@@H]1CC[C@@]1(C)O[C@]13CC=C(C)[C@H]23. The van der Waals surface area contributed by atoms with Crippen LogP contribution >= 0.6 is 0 Å². The van der Waals surface area contributed by atoms with Crippen molar-refractivity contribution in [1.82, 2.24) is 0 Å². The summed E-state index contributed by atoms with van der Waals surface area (Å²) in [7, 11) is 0. The van der Waals surface area contributed by atoms with Gasteiger partial charge < -0.3 is 9.47 Å². The van der Waals surface area contributed by atoms with Crippen LogP contribution in [0.4, 0.5) is 0 Å². The number of ether oxygens (including phenoxy) is 2. The molecule has 0 aromatic heterocycles. The Balaban J connectivity index is 1.81. The minimum Gasteiger partial charge on any atom is -0.458 e. The van der Waals surface area contributed by atoms with E-state index in [-0.39, 0.29) is 35.1 Å². The van der Waals surface area contributed by atoms with E-state index in [1.165, 1.54) is 5.57 Å². The van der Waals surface area contributed by atoms with Crippen LogP contribution in [0, 0.1) is 11.8 Å². The molecule has 0 radical (unpaired) electrons. The maximum Gasteiger partial charge on any atom is 0.334 e. The zero-order chi connectivity index (χ0) is 12.7. The van der Waals surface area contributed by atoms with Gasteiger partial charge in [0.1, 0.15) is 11.7 Å². The van der Waals surface area contributed by atoms with Crippen molar-refractivity contribution in [3.63, 3.8) is 0 Å².